The van der Waals surface area contributed by atoms with Gasteiger partial charge in [-0.25, -0.2) is 0 Å². The van der Waals surface area contributed by atoms with E-state index in [4.69, 9.17) is 5.73 Å². The Hall–Kier alpha value is -0.840. The Morgan fingerprint density at radius 2 is 1.95 bits per heavy atom. The topological polar surface area (TPSA) is 59.2 Å². The van der Waals surface area contributed by atoms with Crippen LogP contribution in [-0.4, -0.2) is 34.9 Å². The molecular weight excluding hydrogens is 309 g/mol. The molecule has 1 atom stereocenters. The maximum absolute atomic E-state index is 12.6. The minimum Gasteiger partial charge on any atom is -0.338 e. The van der Waals surface area contributed by atoms with Gasteiger partial charge in [-0.3, -0.25) is 9.78 Å². The average molecular weight is 334 g/mol. The minimum atomic E-state index is -0.0278. The van der Waals surface area contributed by atoms with Crippen LogP contribution >= 0.6 is 24.8 Å². The summed E-state index contributed by atoms with van der Waals surface area (Å²) >= 11 is 0. The van der Waals surface area contributed by atoms with Crippen molar-refractivity contribution in [1.82, 2.24) is 9.88 Å². The van der Waals surface area contributed by atoms with Gasteiger partial charge in [-0.05, 0) is 37.8 Å². The number of hydrogen-bond acceptors (Lipinski definition) is 3. The van der Waals surface area contributed by atoms with E-state index < -0.39 is 0 Å². The van der Waals surface area contributed by atoms with Crippen molar-refractivity contribution in [3.05, 3.63) is 29.1 Å². The first-order valence-electron chi connectivity index (χ1n) is 6.80. The number of aryl methyl sites for hydroxylation is 2. The molecule has 6 heteroatoms. The van der Waals surface area contributed by atoms with E-state index in [0.717, 1.165) is 24.4 Å². The van der Waals surface area contributed by atoms with Gasteiger partial charge in [-0.2, -0.15) is 0 Å². The van der Waals surface area contributed by atoms with E-state index in [-0.39, 0.29) is 42.2 Å². The second-order valence-corrected chi connectivity index (χ2v) is 6.20. The molecule has 2 heterocycles. The van der Waals surface area contributed by atoms with Crippen molar-refractivity contribution in [1.29, 1.82) is 0 Å². The largest absolute Gasteiger partial charge is 0.338 e. The van der Waals surface area contributed by atoms with Crippen LogP contribution in [0.2, 0.25) is 0 Å². The highest BCUT2D eigenvalue weighted by Gasteiger charge is 2.35. The molecule has 4 nitrogen and oxygen atoms in total. The molecule has 1 unspecified atom stereocenters. The van der Waals surface area contributed by atoms with Gasteiger partial charge in [0, 0.05) is 24.8 Å². The van der Waals surface area contributed by atoms with Gasteiger partial charge in [0.2, 0.25) is 0 Å². The summed E-state index contributed by atoms with van der Waals surface area (Å²) in [6.07, 6.45) is 0.858. The number of piperidine rings is 1. The molecule has 0 spiro atoms. The van der Waals surface area contributed by atoms with E-state index in [0.29, 0.717) is 12.1 Å². The van der Waals surface area contributed by atoms with E-state index in [9.17, 15) is 4.79 Å². The zero-order chi connectivity index (χ0) is 14.2. The zero-order valence-electron chi connectivity index (χ0n) is 13.0. The molecule has 0 radical (unpaired) electrons. The van der Waals surface area contributed by atoms with Gasteiger partial charge in [0.15, 0.2) is 0 Å². The summed E-state index contributed by atoms with van der Waals surface area (Å²) in [7, 11) is 0. The summed E-state index contributed by atoms with van der Waals surface area (Å²) in [6.45, 7) is 9.51. The number of aromatic nitrogens is 1. The number of nitrogens with two attached hydrogens (primary N) is 1. The molecule has 2 N–H and O–H groups in total. The summed E-state index contributed by atoms with van der Waals surface area (Å²) < 4.78 is 0. The van der Waals surface area contributed by atoms with Crippen LogP contribution in [0.5, 0.6) is 0 Å². The molecule has 1 fully saturated rings. The number of pyridine rings is 1. The molecule has 2 rings (SSSR count). The highest BCUT2D eigenvalue weighted by atomic mass is 35.5. The lowest BCUT2D eigenvalue weighted by atomic mass is 9.79. The van der Waals surface area contributed by atoms with E-state index in [1.807, 2.05) is 30.9 Å². The van der Waals surface area contributed by atoms with Crippen LogP contribution in [0, 0.1) is 19.3 Å². The van der Waals surface area contributed by atoms with Crippen molar-refractivity contribution >= 4 is 30.7 Å². The number of likely N-dealkylation sites (tertiary alicyclic amines) is 1. The molecule has 0 aliphatic carbocycles. The smallest absolute Gasteiger partial charge is 0.255 e. The molecule has 1 aromatic rings. The lowest BCUT2D eigenvalue weighted by molar-refractivity contribution is 0.0532. The average Bonchev–Trinajstić information content (AvgIpc) is 2.32. The number of carbonyl (C=O) groups is 1. The molecule has 0 bridgehead atoms. The molecule has 1 saturated heterocycles. The molecule has 21 heavy (non-hydrogen) atoms. The summed E-state index contributed by atoms with van der Waals surface area (Å²) in [5.41, 5.74) is 8.53. The molecule has 0 saturated carbocycles. The highest BCUT2D eigenvalue weighted by molar-refractivity contribution is 5.95. The quantitative estimate of drug-likeness (QED) is 0.859. The predicted octanol–water partition coefficient (Wildman–Crippen LogP) is 2.74. The molecular formula is C15H25Cl2N3O. The Labute approximate surface area is 139 Å². The molecule has 1 amide bonds. The fourth-order valence-electron chi connectivity index (χ4n) is 2.63. The van der Waals surface area contributed by atoms with Gasteiger partial charge in [0.05, 0.1) is 11.3 Å². The number of hydrogen-bond donors (Lipinski definition) is 1. The predicted molar refractivity (Wildman–Crippen MR) is 90.5 cm³/mol. The van der Waals surface area contributed by atoms with Crippen LogP contribution in [0.15, 0.2) is 12.1 Å². The molecule has 1 aromatic heterocycles. The Morgan fingerprint density at radius 1 is 1.33 bits per heavy atom. The van der Waals surface area contributed by atoms with Crippen molar-refractivity contribution in [3.8, 4) is 0 Å². The lowest BCUT2D eigenvalue weighted by Gasteiger charge is -2.42. The van der Waals surface area contributed by atoms with Gasteiger partial charge in [0.1, 0.15) is 0 Å². The number of rotatable bonds is 1. The van der Waals surface area contributed by atoms with Crippen LogP contribution < -0.4 is 5.73 Å². The van der Waals surface area contributed by atoms with Crippen LogP contribution in [-0.2, 0) is 0 Å². The standard InChI is InChI=1S/C15H23N3O.2ClH/c1-10-5-6-12(11(2)17-10)14(19)18-8-7-13(16)15(3,4)9-18;;/h5-6,13H,7-9,16H2,1-4H3;2*1H. The summed E-state index contributed by atoms with van der Waals surface area (Å²) in [6, 6.07) is 3.93. The first-order chi connectivity index (χ1) is 8.81. The van der Waals surface area contributed by atoms with E-state index >= 15 is 0 Å². The fourth-order valence-corrected chi connectivity index (χ4v) is 2.63. The molecule has 120 valence electrons. The first-order valence-corrected chi connectivity index (χ1v) is 6.80. The molecule has 1 aliphatic rings. The number of halogens is 2. The van der Waals surface area contributed by atoms with E-state index in [2.05, 4.69) is 18.8 Å². The van der Waals surface area contributed by atoms with Crippen molar-refractivity contribution in [2.75, 3.05) is 13.1 Å². The van der Waals surface area contributed by atoms with Gasteiger partial charge in [0.25, 0.3) is 5.91 Å². The third kappa shape index (κ3) is 4.31. The molecule has 0 aromatic carbocycles. The summed E-state index contributed by atoms with van der Waals surface area (Å²) in [5.74, 6) is 0.0741. The first kappa shape index (κ1) is 20.2. The summed E-state index contributed by atoms with van der Waals surface area (Å²) in [5, 5.41) is 0. The maximum Gasteiger partial charge on any atom is 0.255 e. The van der Waals surface area contributed by atoms with Crippen molar-refractivity contribution in [2.24, 2.45) is 11.1 Å². The summed E-state index contributed by atoms with van der Waals surface area (Å²) in [4.78, 5) is 18.8. The number of nitrogens with zero attached hydrogens (tertiary/aromatic N) is 2. The van der Waals surface area contributed by atoms with Crippen molar-refractivity contribution < 1.29 is 4.79 Å². The Balaban J connectivity index is 0.00000200. The minimum absolute atomic E-state index is 0. The monoisotopic (exact) mass is 333 g/mol. The Bertz CT molecular complexity index is 506. The Morgan fingerprint density at radius 3 is 2.48 bits per heavy atom. The second kappa shape index (κ2) is 7.43. The Kier molecular flexibility index (Phi) is 7.13. The third-order valence-electron chi connectivity index (χ3n) is 4.05. The SMILES string of the molecule is Cc1ccc(C(=O)N2CCC(N)C(C)(C)C2)c(C)n1.Cl.Cl. The fraction of sp³-hybridized carbons (Fsp3) is 0.600. The normalized spacial score (nSPS) is 20.2. The maximum atomic E-state index is 12.6. The second-order valence-electron chi connectivity index (χ2n) is 6.20. The van der Waals surface area contributed by atoms with Gasteiger partial charge < -0.3 is 10.6 Å². The lowest BCUT2D eigenvalue weighted by Crippen LogP contribution is -2.54. The van der Waals surface area contributed by atoms with Gasteiger partial charge >= 0.3 is 0 Å². The van der Waals surface area contributed by atoms with Crippen molar-refractivity contribution in [3.63, 3.8) is 0 Å². The van der Waals surface area contributed by atoms with Crippen LogP contribution in [0.4, 0.5) is 0 Å². The van der Waals surface area contributed by atoms with Gasteiger partial charge in [-0.1, -0.05) is 13.8 Å². The van der Waals surface area contributed by atoms with E-state index in [1.54, 1.807) is 0 Å². The van der Waals surface area contributed by atoms with Crippen LogP contribution in [0.1, 0.15) is 42.0 Å². The number of amides is 1. The molecule has 1 aliphatic heterocycles. The highest BCUT2D eigenvalue weighted by Crippen LogP contribution is 2.28. The van der Waals surface area contributed by atoms with Crippen LogP contribution in [0.3, 0.4) is 0 Å². The van der Waals surface area contributed by atoms with E-state index in [1.165, 1.54) is 0 Å². The zero-order valence-corrected chi connectivity index (χ0v) is 14.7. The van der Waals surface area contributed by atoms with Crippen molar-refractivity contribution in [2.45, 2.75) is 40.2 Å². The number of carbonyl (C=O) groups excluding carboxylic acids is 1. The van der Waals surface area contributed by atoms with Gasteiger partial charge in [-0.15, -0.1) is 24.8 Å². The van der Waals surface area contributed by atoms with Crippen LogP contribution in [0.25, 0.3) is 0 Å². The third-order valence-corrected chi connectivity index (χ3v) is 4.05.